The summed E-state index contributed by atoms with van der Waals surface area (Å²) in [6, 6.07) is 32.9. The van der Waals surface area contributed by atoms with Crippen LogP contribution >= 0.6 is 24.0 Å². The zero-order valence-corrected chi connectivity index (χ0v) is 26.4. The van der Waals surface area contributed by atoms with Gasteiger partial charge >= 0.3 is 0 Å². The Balaban J connectivity index is 0.000000192. The second kappa shape index (κ2) is 15.1. The molecule has 1 aliphatic carbocycles. The van der Waals surface area contributed by atoms with E-state index in [1.54, 1.807) is 13.1 Å². The van der Waals surface area contributed by atoms with Crippen LogP contribution in [0.2, 0.25) is 5.02 Å². The number of rotatable bonds is 4. The number of hydrogen-bond acceptors (Lipinski definition) is 4. The van der Waals surface area contributed by atoms with Gasteiger partial charge in [0.05, 0.1) is 11.1 Å². The van der Waals surface area contributed by atoms with Gasteiger partial charge in [-0.2, -0.15) is 0 Å². The third-order valence-electron chi connectivity index (χ3n) is 7.52. The van der Waals surface area contributed by atoms with E-state index in [1.165, 1.54) is 32.9 Å². The van der Waals surface area contributed by atoms with Crippen molar-refractivity contribution in [1.82, 2.24) is 9.96 Å². The van der Waals surface area contributed by atoms with E-state index in [4.69, 9.17) is 11.6 Å². The van der Waals surface area contributed by atoms with Crippen LogP contribution in [0.1, 0.15) is 34.2 Å². The molecule has 2 aliphatic rings. The number of aliphatic imine (C=N–C) groups is 1. The zero-order valence-electron chi connectivity index (χ0n) is 24.9. The minimum absolute atomic E-state index is 0. The molecule has 0 fully saturated rings. The second-order valence-corrected chi connectivity index (χ2v) is 11.1. The molecular formula is C36H38Cl2N4O. The van der Waals surface area contributed by atoms with Gasteiger partial charge in [0.1, 0.15) is 12.4 Å². The van der Waals surface area contributed by atoms with E-state index in [0.29, 0.717) is 16.6 Å². The molecule has 43 heavy (non-hydrogen) atoms. The van der Waals surface area contributed by atoms with E-state index in [9.17, 15) is 5.21 Å². The molecule has 4 aromatic carbocycles. The Hall–Kier alpha value is -3.74. The maximum Gasteiger partial charge on any atom is 0.145 e. The summed E-state index contributed by atoms with van der Waals surface area (Å²) < 4.78 is 0. The first-order valence-electron chi connectivity index (χ1n) is 14.3. The fraction of sp³-hybridized carbons (Fsp3) is 0.222. The molecule has 0 saturated heterocycles. The first-order chi connectivity index (χ1) is 20.4. The molecule has 0 bridgehead atoms. The summed E-state index contributed by atoms with van der Waals surface area (Å²) in [4.78, 5) is 10.8. The molecule has 0 saturated carbocycles. The summed E-state index contributed by atoms with van der Waals surface area (Å²) in [6.07, 6.45) is 5.78. The molecule has 0 amide bonds. The second-order valence-electron chi connectivity index (χ2n) is 10.7. The fourth-order valence-corrected chi connectivity index (χ4v) is 5.62. The smallest absolute Gasteiger partial charge is 0.145 e. The van der Waals surface area contributed by atoms with Crippen LogP contribution in [0.4, 0.5) is 0 Å². The standard InChI is InChI=1S/C20H23N.C16H14ClN3O.ClH/c1-21(2)15-7-12-20-18-10-5-3-8-16(18)13-14-17-9-4-6-11-19(17)20;1-18-15-10-20(21)16(11-5-3-2-4-6-11)13-9-12(17)7-8-14(13)19-15;/h3-6,8-12H,7,13-15H2,1-2H3;2-9,21H,10H2,1H3;1H. The van der Waals surface area contributed by atoms with Crippen LogP contribution in [0.25, 0.3) is 11.3 Å². The average Bonchev–Trinajstić information content (AvgIpc) is 3.25. The molecule has 222 valence electrons. The number of amidine groups is 1. The van der Waals surface area contributed by atoms with Crippen LogP contribution in [0.3, 0.4) is 0 Å². The SMILES string of the molecule is CN(C)CCC=C1c2ccccc2CCc2ccccc21.CN=C1CN(O)C(c2ccccc2)=c2cc(Cl)ccc2=N1.Cl. The quantitative estimate of drug-likeness (QED) is 0.288. The van der Waals surface area contributed by atoms with Crippen LogP contribution in [0.5, 0.6) is 0 Å². The van der Waals surface area contributed by atoms with Gasteiger partial charge in [-0.05, 0) is 79.4 Å². The van der Waals surface area contributed by atoms with Gasteiger partial charge in [-0.1, -0.05) is 96.5 Å². The highest BCUT2D eigenvalue weighted by Crippen LogP contribution is 2.33. The van der Waals surface area contributed by atoms with Gasteiger partial charge in [-0.3, -0.25) is 10.2 Å². The van der Waals surface area contributed by atoms with Gasteiger partial charge in [-0.15, -0.1) is 12.4 Å². The van der Waals surface area contributed by atoms with Crippen molar-refractivity contribution >= 4 is 41.1 Å². The molecular weight excluding hydrogens is 575 g/mol. The van der Waals surface area contributed by atoms with Crippen molar-refractivity contribution in [2.24, 2.45) is 9.98 Å². The van der Waals surface area contributed by atoms with Crippen molar-refractivity contribution in [3.63, 3.8) is 0 Å². The van der Waals surface area contributed by atoms with E-state index in [0.717, 1.165) is 41.9 Å². The van der Waals surface area contributed by atoms with E-state index < -0.39 is 0 Å². The van der Waals surface area contributed by atoms with Gasteiger partial charge in [0.15, 0.2) is 0 Å². The first-order valence-corrected chi connectivity index (χ1v) is 14.7. The molecule has 0 spiro atoms. The minimum Gasteiger partial charge on any atom is -0.309 e. The number of benzene rings is 4. The Morgan fingerprint density at radius 3 is 2.09 bits per heavy atom. The molecule has 6 rings (SSSR count). The lowest BCUT2D eigenvalue weighted by molar-refractivity contribution is -0.0119. The lowest BCUT2D eigenvalue weighted by atomic mass is 9.93. The molecule has 1 aliphatic heterocycles. The summed E-state index contributed by atoms with van der Waals surface area (Å²) in [5.41, 5.74) is 8.78. The number of nitrogens with zero attached hydrogens (tertiary/aromatic N) is 4. The lowest BCUT2D eigenvalue weighted by Crippen LogP contribution is -2.31. The highest BCUT2D eigenvalue weighted by atomic mass is 35.5. The molecule has 0 unspecified atom stereocenters. The van der Waals surface area contributed by atoms with Crippen LogP contribution < -0.4 is 10.6 Å². The Morgan fingerprint density at radius 1 is 0.884 bits per heavy atom. The fourth-order valence-electron chi connectivity index (χ4n) is 5.45. The van der Waals surface area contributed by atoms with E-state index in [1.807, 2.05) is 42.5 Å². The predicted molar refractivity (Wildman–Crippen MR) is 181 cm³/mol. The van der Waals surface area contributed by atoms with E-state index in [-0.39, 0.29) is 19.0 Å². The Kier molecular flexibility index (Phi) is 11.3. The Labute approximate surface area is 265 Å². The normalized spacial score (nSPS) is 14.7. The monoisotopic (exact) mass is 612 g/mol. The minimum atomic E-state index is 0. The number of aryl methyl sites for hydroxylation is 2. The van der Waals surface area contributed by atoms with Crippen molar-refractivity contribution in [3.8, 4) is 0 Å². The molecule has 1 N–H and O–H groups in total. The highest BCUT2D eigenvalue weighted by molar-refractivity contribution is 6.30. The Morgan fingerprint density at radius 2 is 1.49 bits per heavy atom. The molecule has 0 radical (unpaired) electrons. The summed E-state index contributed by atoms with van der Waals surface area (Å²) in [7, 11) is 5.93. The van der Waals surface area contributed by atoms with Gasteiger partial charge < -0.3 is 4.90 Å². The third-order valence-corrected chi connectivity index (χ3v) is 7.76. The lowest BCUT2D eigenvalue weighted by Gasteiger charge is -2.19. The van der Waals surface area contributed by atoms with Gasteiger partial charge in [0.2, 0.25) is 0 Å². The number of hydrogen-bond donors (Lipinski definition) is 1. The molecule has 0 atom stereocenters. The topological polar surface area (TPSA) is 51.4 Å². The third kappa shape index (κ3) is 7.81. The largest absolute Gasteiger partial charge is 0.309 e. The van der Waals surface area contributed by atoms with Crippen LogP contribution in [0.15, 0.2) is 113 Å². The molecule has 7 heteroatoms. The molecule has 1 heterocycles. The zero-order chi connectivity index (χ0) is 29.5. The maximum absolute atomic E-state index is 10.5. The predicted octanol–water partition coefficient (Wildman–Crippen LogP) is 6.44. The average molecular weight is 614 g/mol. The van der Waals surface area contributed by atoms with Crippen LogP contribution in [-0.4, -0.2) is 55.2 Å². The van der Waals surface area contributed by atoms with Gasteiger partial charge in [0, 0.05) is 29.4 Å². The molecule has 4 aromatic rings. The Bertz CT molecular complexity index is 1680. The first kappa shape index (κ1) is 32.2. The maximum atomic E-state index is 10.5. The number of halogens is 2. The van der Waals surface area contributed by atoms with E-state index >= 15 is 0 Å². The van der Waals surface area contributed by atoms with Gasteiger partial charge in [0.25, 0.3) is 0 Å². The number of fused-ring (bicyclic) bond motifs is 3. The van der Waals surface area contributed by atoms with Crippen LogP contribution in [-0.2, 0) is 12.8 Å². The summed E-state index contributed by atoms with van der Waals surface area (Å²) in [6.45, 7) is 1.32. The summed E-state index contributed by atoms with van der Waals surface area (Å²) >= 11 is 6.12. The van der Waals surface area contributed by atoms with Crippen molar-refractivity contribution in [1.29, 1.82) is 0 Å². The van der Waals surface area contributed by atoms with Crippen LogP contribution in [0, 0.1) is 0 Å². The highest BCUT2D eigenvalue weighted by Gasteiger charge is 2.18. The summed E-state index contributed by atoms with van der Waals surface area (Å²) in [5.74, 6) is 0.562. The number of hydroxylamine groups is 2. The van der Waals surface area contributed by atoms with Crippen molar-refractivity contribution in [2.45, 2.75) is 19.3 Å². The molecule has 5 nitrogen and oxygen atoms in total. The van der Waals surface area contributed by atoms with Crippen molar-refractivity contribution in [3.05, 3.63) is 147 Å². The molecule has 0 aromatic heterocycles. The van der Waals surface area contributed by atoms with E-state index in [2.05, 4.69) is 83.6 Å². The van der Waals surface area contributed by atoms with Crippen molar-refractivity contribution in [2.75, 3.05) is 34.2 Å². The van der Waals surface area contributed by atoms with Gasteiger partial charge in [-0.25, -0.2) is 10.1 Å². The van der Waals surface area contributed by atoms with Crippen molar-refractivity contribution < 1.29 is 5.21 Å². The summed E-state index contributed by atoms with van der Waals surface area (Å²) in [5, 5.41) is 13.8.